The smallest absolute Gasteiger partial charge is 0.251 e. The maximum Gasteiger partial charge on any atom is 0.251 e. The molecule has 0 atom stereocenters. The number of nitrogens with zero attached hydrogens (tertiary/aromatic N) is 1. The summed E-state index contributed by atoms with van der Waals surface area (Å²) in [5, 5.41) is 3.05. The Morgan fingerprint density at radius 1 is 1.50 bits per heavy atom. The van der Waals surface area contributed by atoms with Crippen LogP contribution in [0.15, 0.2) is 18.3 Å². The first kappa shape index (κ1) is 12.8. The number of carbonyl (C=O) groups excluding carboxylic acids is 1. The Kier molecular flexibility index (Phi) is 3.78. The third-order valence-corrected chi connectivity index (χ3v) is 3.18. The maximum absolute atomic E-state index is 12.1. The number of aromatic nitrogens is 1. The van der Waals surface area contributed by atoms with E-state index in [9.17, 15) is 4.79 Å². The third-order valence-electron chi connectivity index (χ3n) is 3.18. The first-order valence-corrected chi connectivity index (χ1v) is 5.96. The molecule has 0 bridgehead atoms. The van der Waals surface area contributed by atoms with Crippen molar-refractivity contribution in [3.8, 4) is 0 Å². The van der Waals surface area contributed by atoms with Gasteiger partial charge in [0.15, 0.2) is 0 Å². The molecule has 2 heterocycles. The molecule has 1 fully saturated rings. The molecule has 1 saturated heterocycles. The van der Waals surface area contributed by atoms with Crippen LogP contribution >= 0.6 is 0 Å². The lowest BCUT2D eigenvalue weighted by atomic mass is 9.92. The second-order valence-corrected chi connectivity index (χ2v) is 4.70. The summed E-state index contributed by atoms with van der Waals surface area (Å²) in [7, 11) is 0. The number of pyridine rings is 1. The van der Waals surface area contributed by atoms with Crippen molar-refractivity contribution in [3.63, 3.8) is 0 Å². The van der Waals surface area contributed by atoms with E-state index in [0.29, 0.717) is 24.6 Å². The number of anilines is 1. The fourth-order valence-electron chi connectivity index (χ4n) is 1.94. The molecule has 4 N–H and O–H groups in total. The van der Waals surface area contributed by atoms with Gasteiger partial charge in [-0.05, 0) is 31.9 Å². The van der Waals surface area contributed by atoms with Crippen molar-refractivity contribution < 1.29 is 9.53 Å². The number of nitrogens with two attached hydrogens (primary N) is 1. The van der Waals surface area contributed by atoms with E-state index in [-0.39, 0.29) is 11.4 Å². The first-order valence-electron chi connectivity index (χ1n) is 5.96. The summed E-state index contributed by atoms with van der Waals surface area (Å²) in [6.45, 7) is 3.40. The van der Waals surface area contributed by atoms with Crippen LogP contribution in [0.1, 0.15) is 30.1 Å². The Bertz CT molecular complexity index is 430. The van der Waals surface area contributed by atoms with E-state index in [0.717, 1.165) is 12.8 Å². The third kappa shape index (κ3) is 2.96. The summed E-state index contributed by atoms with van der Waals surface area (Å²) in [5.41, 5.74) is 2.77. The number of hydrogen-bond donors (Lipinski definition) is 3. The Morgan fingerprint density at radius 3 is 2.89 bits per heavy atom. The van der Waals surface area contributed by atoms with Crippen molar-refractivity contribution in [3.05, 3.63) is 23.9 Å². The van der Waals surface area contributed by atoms with Crippen LogP contribution in [0.25, 0.3) is 0 Å². The molecule has 1 aromatic rings. The monoisotopic (exact) mass is 250 g/mol. The van der Waals surface area contributed by atoms with Crippen LogP contribution in [0.4, 0.5) is 5.82 Å². The van der Waals surface area contributed by atoms with Crippen molar-refractivity contribution in [1.82, 2.24) is 10.3 Å². The molecule has 0 radical (unpaired) electrons. The molecule has 1 aliphatic heterocycles. The van der Waals surface area contributed by atoms with Crippen LogP contribution in [0.2, 0.25) is 0 Å². The predicted octanol–water partition coefficient (Wildman–Crippen LogP) is 0.666. The van der Waals surface area contributed by atoms with E-state index >= 15 is 0 Å². The zero-order valence-electron chi connectivity index (χ0n) is 10.4. The van der Waals surface area contributed by atoms with Gasteiger partial charge in [0.1, 0.15) is 5.82 Å². The van der Waals surface area contributed by atoms with Crippen LogP contribution in [0, 0.1) is 0 Å². The van der Waals surface area contributed by atoms with Crippen LogP contribution in [0.5, 0.6) is 0 Å². The minimum atomic E-state index is -0.199. The normalized spacial score (nSPS) is 18.1. The molecule has 1 amide bonds. The Labute approximate surface area is 106 Å². The molecule has 0 unspecified atom stereocenters. The van der Waals surface area contributed by atoms with Crippen molar-refractivity contribution >= 4 is 11.7 Å². The fourth-order valence-corrected chi connectivity index (χ4v) is 1.94. The summed E-state index contributed by atoms with van der Waals surface area (Å²) in [6, 6.07) is 3.29. The van der Waals surface area contributed by atoms with Gasteiger partial charge in [-0.25, -0.2) is 10.8 Å². The summed E-state index contributed by atoms with van der Waals surface area (Å²) in [4.78, 5) is 16.1. The average molecular weight is 250 g/mol. The Hall–Kier alpha value is -1.66. The quantitative estimate of drug-likeness (QED) is 0.542. The summed E-state index contributed by atoms with van der Waals surface area (Å²) in [6.07, 6.45) is 3.20. The molecule has 1 aliphatic rings. The van der Waals surface area contributed by atoms with Crippen molar-refractivity contribution in [1.29, 1.82) is 0 Å². The number of rotatable bonds is 3. The number of carbonyl (C=O) groups is 1. The minimum absolute atomic E-state index is 0.113. The summed E-state index contributed by atoms with van der Waals surface area (Å²) < 4.78 is 5.30. The lowest BCUT2D eigenvalue weighted by Crippen LogP contribution is -2.49. The standard InChI is InChI=1S/C12H18N4O2/c1-12(3-6-18-7-4-12)15-11(17)9-2-5-14-10(8-9)16-13/h2,5,8H,3-4,6-7,13H2,1H3,(H,14,16)(H,15,17). The highest BCUT2D eigenvalue weighted by atomic mass is 16.5. The molecule has 0 aromatic carbocycles. The average Bonchev–Trinajstić information content (AvgIpc) is 2.39. The molecule has 1 aromatic heterocycles. The van der Waals surface area contributed by atoms with Gasteiger partial charge < -0.3 is 15.5 Å². The highest BCUT2D eigenvalue weighted by molar-refractivity contribution is 5.95. The topological polar surface area (TPSA) is 89.3 Å². The van der Waals surface area contributed by atoms with Crippen LogP contribution in [-0.4, -0.2) is 29.6 Å². The number of nitrogen functional groups attached to an aromatic ring is 1. The van der Waals surface area contributed by atoms with E-state index in [1.54, 1.807) is 18.3 Å². The van der Waals surface area contributed by atoms with E-state index in [2.05, 4.69) is 15.7 Å². The molecular formula is C12H18N4O2. The second kappa shape index (κ2) is 5.32. The zero-order chi connectivity index (χ0) is 13.0. The van der Waals surface area contributed by atoms with Crippen LogP contribution in [0.3, 0.4) is 0 Å². The van der Waals surface area contributed by atoms with Gasteiger partial charge in [-0.3, -0.25) is 4.79 Å². The molecule has 0 spiro atoms. The predicted molar refractivity (Wildman–Crippen MR) is 68.0 cm³/mol. The van der Waals surface area contributed by atoms with Gasteiger partial charge >= 0.3 is 0 Å². The second-order valence-electron chi connectivity index (χ2n) is 4.70. The van der Waals surface area contributed by atoms with Crippen molar-refractivity contribution in [2.24, 2.45) is 5.84 Å². The van der Waals surface area contributed by atoms with E-state index in [4.69, 9.17) is 10.6 Å². The lowest BCUT2D eigenvalue weighted by molar-refractivity contribution is 0.0423. The molecule has 18 heavy (non-hydrogen) atoms. The van der Waals surface area contributed by atoms with Crippen LogP contribution < -0.4 is 16.6 Å². The number of nitrogens with one attached hydrogen (secondary N) is 2. The van der Waals surface area contributed by atoms with E-state index in [1.807, 2.05) is 6.92 Å². The largest absolute Gasteiger partial charge is 0.381 e. The molecule has 98 valence electrons. The van der Waals surface area contributed by atoms with Gasteiger partial charge in [0.05, 0.1) is 0 Å². The highest BCUT2D eigenvalue weighted by Gasteiger charge is 2.29. The highest BCUT2D eigenvalue weighted by Crippen LogP contribution is 2.20. The number of hydrogen-bond acceptors (Lipinski definition) is 5. The van der Waals surface area contributed by atoms with Crippen molar-refractivity contribution in [2.75, 3.05) is 18.6 Å². The van der Waals surface area contributed by atoms with Gasteiger partial charge in [0.25, 0.3) is 5.91 Å². The molecule has 0 saturated carbocycles. The summed E-state index contributed by atoms with van der Waals surface area (Å²) >= 11 is 0. The van der Waals surface area contributed by atoms with Gasteiger partial charge in [-0.1, -0.05) is 0 Å². The minimum Gasteiger partial charge on any atom is -0.381 e. The van der Waals surface area contributed by atoms with E-state index < -0.39 is 0 Å². The zero-order valence-corrected chi connectivity index (χ0v) is 10.4. The summed E-state index contributed by atoms with van der Waals surface area (Å²) in [5.74, 6) is 5.63. The molecule has 6 nitrogen and oxygen atoms in total. The van der Waals surface area contributed by atoms with E-state index in [1.165, 1.54) is 0 Å². The molecule has 2 rings (SSSR count). The van der Waals surface area contributed by atoms with Gasteiger partial charge in [-0.15, -0.1) is 0 Å². The van der Waals surface area contributed by atoms with Crippen molar-refractivity contribution in [2.45, 2.75) is 25.3 Å². The van der Waals surface area contributed by atoms with Crippen LogP contribution in [-0.2, 0) is 4.74 Å². The SMILES string of the molecule is CC1(NC(=O)c2ccnc(NN)c2)CCOCC1. The number of hydrazine groups is 1. The maximum atomic E-state index is 12.1. The molecule has 0 aliphatic carbocycles. The lowest BCUT2D eigenvalue weighted by Gasteiger charge is -2.34. The van der Waals surface area contributed by atoms with Gasteiger partial charge in [0, 0.05) is 30.5 Å². The Balaban J connectivity index is 2.06. The molecule has 6 heteroatoms. The number of amides is 1. The first-order chi connectivity index (χ1) is 8.63. The molecular weight excluding hydrogens is 232 g/mol. The Morgan fingerprint density at radius 2 is 2.22 bits per heavy atom. The number of ether oxygens (including phenoxy) is 1. The fraction of sp³-hybridized carbons (Fsp3) is 0.500. The van der Waals surface area contributed by atoms with Gasteiger partial charge in [-0.2, -0.15) is 0 Å². The van der Waals surface area contributed by atoms with Gasteiger partial charge in [0.2, 0.25) is 0 Å².